The fraction of sp³-hybridized carbons (Fsp3) is 0.846. The standard InChI is InChI=1S/C13H27NO2/c1-2-3-4-5-6-7-8-9-13(12-16)14-10-11-15/h8-9,13-16H,2-7,10-12H2,1H3/b9-8+. The summed E-state index contributed by atoms with van der Waals surface area (Å²) in [5.41, 5.74) is 0. The Morgan fingerprint density at radius 3 is 2.50 bits per heavy atom. The first-order valence-electron chi connectivity index (χ1n) is 6.46. The highest BCUT2D eigenvalue weighted by atomic mass is 16.3. The smallest absolute Gasteiger partial charge is 0.0620 e. The lowest BCUT2D eigenvalue weighted by Gasteiger charge is -2.10. The van der Waals surface area contributed by atoms with Crippen LogP contribution in [0.15, 0.2) is 12.2 Å². The van der Waals surface area contributed by atoms with Crippen LogP contribution in [0, 0.1) is 0 Å². The van der Waals surface area contributed by atoms with E-state index in [1.807, 2.05) is 6.08 Å². The van der Waals surface area contributed by atoms with Crippen LogP contribution < -0.4 is 5.32 Å². The molecule has 0 spiro atoms. The third-order valence-electron chi connectivity index (χ3n) is 2.56. The van der Waals surface area contributed by atoms with Gasteiger partial charge >= 0.3 is 0 Å². The molecule has 0 aliphatic heterocycles. The van der Waals surface area contributed by atoms with E-state index < -0.39 is 0 Å². The van der Waals surface area contributed by atoms with Gasteiger partial charge in [0.1, 0.15) is 0 Å². The minimum atomic E-state index is -0.0113. The number of aliphatic hydroxyl groups excluding tert-OH is 2. The molecule has 0 aromatic heterocycles. The molecular formula is C13H27NO2. The van der Waals surface area contributed by atoms with Crippen molar-refractivity contribution in [2.45, 2.75) is 51.5 Å². The Bertz CT molecular complexity index is 160. The molecule has 1 unspecified atom stereocenters. The van der Waals surface area contributed by atoms with Crippen molar-refractivity contribution >= 4 is 0 Å². The molecule has 3 heteroatoms. The summed E-state index contributed by atoms with van der Waals surface area (Å²) in [5.74, 6) is 0. The number of aliphatic hydroxyl groups is 2. The zero-order chi connectivity index (χ0) is 12.1. The lowest BCUT2D eigenvalue weighted by atomic mass is 10.1. The number of hydrogen-bond donors (Lipinski definition) is 3. The monoisotopic (exact) mass is 229 g/mol. The highest BCUT2D eigenvalue weighted by Crippen LogP contribution is 2.05. The largest absolute Gasteiger partial charge is 0.395 e. The Morgan fingerprint density at radius 1 is 1.12 bits per heavy atom. The van der Waals surface area contributed by atoms with Gasteiger partial charge < -0.3 is 15.5 Å². The highest BCUT2D eigenvalue weighted by molar-refractivity contribution is 4.92. The van der Waals surface area contributed by atoms with Gasteiger partial charge in [0.25, 0.3) is 0 Å². The van der Waals surface area contributed by atoms with Gasteiger partial charge in [0.15, 0.2) is 0 Å². The molecule has 0 bridgehead atoms. The molecule has 0 rings (SSSR count). The van der Waals surface area contributed by atoms with Gasteiger partial charge in [-0.15, -0.1) is 0 Å². The van der Waals surface area contributed by atoms with Crippen LogP contribution >= 0.6 is 0 Å². The van der Waals surface area contributed by atoms with Crippen LogP contribution in [0.25, 0.3) is 0 Å². The van der Waals surface area contributed by atoms with Gasteiger partial charge in [-0.25, -0.2) is 0 Å². The van der Waals surface area contributed by atoms with Crippen molar-refractivity contribution < 1.29 is 10.2 Å². The lowest BCUT2D eigenvalue weighted by molar-refractivity contribution is 0.244. The highest BCUT2D eigenvalue weighted by Gasteiger charge is 1.99. The van der Waals surface area contributed by atoms with Crippen molar-refractivity contribution in [1.82, 2.24) is 5.32 Å². The quantitative estimate of drug-likeness (QED) is 0.374. The number of unbranched alkanes of at least 4 members (excludes halogenated alkanes) is 5. The molecule has 0 saturated carbocycles. The molecule has 0 aliphatic carbocycles. The molecule has 0 saturated heterocycles. The first-order valence-corrected chi connectivity index (χ1v) is 6.46. The van der Waals surface area contributed by atoms with E-state index in [0.29, 0.717) is 6.54 Å². The first-order chi connectivity index (χ1) is 7.85. The van der Waals surface area contributed by atoms with Gasteiger partial charge in [-0.05, 0) is 12.8 Å². The normalized spacial score (nSPS) is 13.4. The number of allylic oxidation sites excluding steroid dienone is 1. The molecule has 1 atom stereocenters. The second kappa shape index (κ2) is 12.7. The topological polar surface area (TPSA) is 52.5 Å². The summed E-state index contributed by atoms with van der Waals surface area (Å²) >= 11 is 0. The van der Waals surface area contributed by atoms with E-state index in [1.54, 1.807) is 0 Å². The van der Waals surface area contributed by atoms with E-state index in [2.05, 4.69) is 18.3 Å². The maximum atomic E-state index is 9.03. The third-order valence-corrected chi connectivity index (χ3v) is 2.56. The van der Waals surface area contributed by atoms with Crippen LogP contribution in [-0.4, -0.2) is 36.0 Å². The zero-order valence-corrected chi connectivity index (χ0v) is 10.5. The summed E-state index contributed by atoms with van der Waals surface area (Å²) < 4.78 is 0. The Labute approximate surface area is 99.6 Å². The number of hydrogen-bond acceptors (Lipinski definition) is 3. The summed E-state index contributed by atoms with van der Waals surface area (Å²) in [7, 11) is 0. The van der Waals surface area contributed by atoms with E-state index in [9.17, 15) is 0 Å². The van der Waals surface area contributed by atoms with Crippen LogP contribution in [0.3, 0.4) is 0 Å². The molecule has 0 amide bonds. The van der Waals surface area contributed by atoms with E-state index >= 15 is 0 Å². The van der Waals surface area contributed by atoms with Crippen LogP contribution in [-0.2, 0) is 0 Å². The summed E-state index contributed by atoms with van der Waals surface area (Å²) in [6.07, 6.45) is 11.7. The average Bonchev–Trinajstić information content (AvgIpc) is 2.32. The minimum Gasteiger partial charge on any atom is -0.395 e. The molecule has 0 aliphatic rings. The molecule has 0 radical (unpaired) electrons. The van der Waals surface area contributed by atoms with Crippen molar-refractivity contribution in [1.29, 1.82) is 0 Å². The Kier molecular flexibility index (Phi) is 12.4. The van der Waals surface area contributed by atoms with Gasteiger partial charge in [0.2, 0.25) is 0 Å². The molecule has 16 heavy (non-hydrogen) atoms. The fourth-order valence-corrected chi connectivity index (χ4v) is 1.57. The second-order valence-corrected chi connectivity index (χ2v) is 4.10. The van der Waals surface area contributed by atoms with Gasteiger partial charge in [-0.3, -0.25) is 0 Å². The zero-order valence-electron chi connectivity index (χ0n) is 10.5. The maximum absolute atomic E-state index is 9.03. The summed E-state index contributed by atoms with van der Waals surface area (Å²) in [6, 6.07) is -0.0113. The van der Waals surface area contributed by atoms with Gasteiger partial charge in [0.05, 0.1) is 13.2 Å². The van der Waals surface area contributed by atoms with Gasteiger partial charge in [-0.2, -0.15) is 0 Å². The summed E-state index contributed by atoms with van der Waals surface area (Å²) in [5, 5.41) is 20.7. The first kappa shape index (κ1) is 15.6. The Balaban J connectivity index is 3.40. The van der Waals surface area contributed by atoms with Crippen molar-refractivity contribution in [3.05, 3.63) is 12.2 Å². The average molecular weight is 229 g/mol. The van der Waals surface area contributed by atoms with Crippen LogP contribution in [0.1, 0.15) is 45.4 Å². The van der Waals surface area contributed by atoms with E-state index in [1.165, 1.54) is 32.1 Å². The summed E-state index contributed by atoms with van der Waals surface area (Å²) in [4.78, 5) is 0. The molecule has 3 nitrogen and oxygen atoms in total. The van der Waals surface area contributed by atoms with Crippen molar-refractivity contribution in [3.8, 4) is 0 Å². The summed E-state index contributed by atoms with van der Waals surface area (Å²) in [6.45, 7) is 2.96. The SMILES string of the molecule is CCCCCCC/C=C/C(CO)NCCO. The minimum absolute atomic E-state index is 0.0113. The maximum Gasteiger partial charge on any atom is 0.0620 e. The molecule has 3 N–H and O–H groups in total. The lowest BCUT2D eigenvalue weighted by Crippen LogP contribution is -2.32. The van der Waals surface area contributed by atoms with Crippen LogP contribution in [0.4, 0.5) is 0 Å². The predicted octanol–water partition coefficient (Wildman–Crippen LogP) is 1.85. The van der Waals surface area contributed by atoms with Crippen LogP contribution in [0.5, 0.6) is 0 Å². The van der Waals surface area contributed by atoms with Crippen molar-refractivity contribution in [2.24, 2.45) is 0 Å². The van der Waals surface area contributed by atoms with Crippen molar-refractivity contribution in [3.63, 3.8) is 0 Å². The third kappa shape index (κ3) is 10.1. The number of rotatable bonds is 11. The van der Waals surface area contributed by atoms with Crippen LogP contribution in [0.2, 0.25) is 0 Å². The Morgan fingerprint density at radius 2 is 1.88 bits per heavy atom. The van der Waals surface area contributed by atoms with E-state index in [-0.39, 0.29) is 19.3 Å². The number of nitrogens with one attached hydrogen (secondary N) is 1. The van der Waals surface area contributed by atoms with E-state index in [0.717, 1.165) is 6.42 Å². The molecule has 0 aromatic carbocycles. The van der Waals surface area contributed by atoms with Gasteiger partial charge in [-0.1, -0.05) is 44.8 Å². The molecule has 96 valence electrons. The predicted molar refractivity (Wildman–Crippen MR) is 68.5 cm³/mol. The van der Waals surface area contributed by atoms with Gasteiger partial charge in [0, 0.05) is 12.6 Å². The van der Waals surface area contributed by atoms with E-state index in [4.69, 9.17) is 10.2 Å². The Hall–Kier alpha value is -0.380. The molecule has 0 fully saturated rings. The second-order valence-electron chi connectivity index (χ2n) is 4.10. The fourth-order valence-electron chi connectivity index (χ4n) is 1.57. The molecule has 0 heterocycles. The molecule has 0 aromatic rings. The van der Waals surface area contributed by atoms with Crippen molar-refractivity contribution in [2.75, 3.05) is 19.8 Å². The molecular weight excluding hydrogens is 202 g/mol.